The summed E-state index contributed by atoms with van der Waals surface area (Å²) in [6, 6.07) is 3.20. The maximum Gasteiger partial charge on any atom is 0.410 e. The van der Waals surface area contributed by atoms with Gasteiger partial charge in [0.15, 0.2) is 5.15 Å². The molecule has 128 valence electrons. The number of carbonyl (C=O) groups excluding carboxylic acids is 1. The van der Waals surface area contributed by atoms with Crippen molar-refractivity contribution in [1.29, 1.82) is 0 Å². The summed E-state index contributed by atoms with van der Waals surface area (Å²) < 4.78 is 17.8. The predicted molar refractivity (Wildman–Crippen MR) is 88.8 cm³/mol. The van der Waals surface area contributed by atoms with Gasteiger partial charge in [0.05, 0.1) is 10.8 Å². The summed E-state index contributed by atoms with van der Waals surface area (Å²) in [5.74, 6) is 0.616. The Morgan fingerprint density at radius 2 is 2.17 bits per heavy atom. The maximum atomic E-state index is 12.4. The zero-order chi connectivity index (χ0) is 17.0. The highest BCUT2D eigenvalue weighted by molar-refractivity contribution is 7.84. The molecule has 1 aliphatic heterocycles. The Bertz CT molecular complexity index is 574. The molecule has 0 bridgehead atoms. The van der Waals surface area contributed by atoms with Gasteiger partial charge in [-0.15, -0.1) is 10.2 Å². The van der Waals surface area contributed by atoms with Crippen LogP contribution in [-0.2, 0) is 15.5 Å². The zero-order valence-electron chi connectivity index (χ0n) is 13.6. The summed E-state index contributed by atoms with van der Waals surface area (Å²) in [4.78, 5) is 13.8. The number of hydrogen-bond donors (Lipinski definition) is 0. The lowest BCUT2D eigenvalue weighted by molar-refractivity contribution is 0.0176. The lowest BCUT2D eigenvalue weighted by atomic mass is 10.0. The van der Waals surface area contributed by atoms with Crippen LogP contribution in [0.4, 0.5) is 4.79 Å². The molecular formula is C15H22ClN3O3S. The number of likely N-dealkylation sites (tertiary alicyclic amines) is 1. The normalized spacial score (nSPS) is 20.2. The fourth-order valence-corrected chi connectivity index (χ4v) is 3.74. The van der Waals surface area contributed by atoms with E-state index in [1.165, 1.54) is 0 Å². The summed E-state index contributed by atoms with van der Waals surface area (Å²) in [6.07, 6.45) is 1.51. The lowest BCUT2D eigenvalue weighted by Gasteiger charge is -2.33. The minimum absolute atomic E-state index is 0.162. The van der Waals surface area contributed by atoms with Crippen LogP contribution in [0.1, 0.15) is 33.6 Å². The minimum Gasteiger partial charge on any atom is -0.444 e. The van der Waals surface area contributed by atoms with Gasteiger partial charge in [0.2, 0.25) is 0 Å². The Morgan fingerprint density at radius 1 is 1.43 bits per heavy atom. The van der Waals surface area contributed by atoms with Crippen LogP contribution >= 0.6 is 11.6 Å². The molecule has 2 rings (SSSR count). The molecule has 0 saturated carbocycles. The highest BCUT2D eigenvalue weighted by atomic mass is 35.5. The molecular weight excluding hydrogens is 338 g/mol. The van der Waals surface area contributed by atoms with E-state index in [1.54, 1.807) is 17.0 Å². The summed E-state index contributed by atoms with van der Waals surface area (Å²) in [5.41, 5.74) is -0.508. The highest BCUT2D eigenvalue weighted by Crippen LogP contribution is 2.21. The quantitative estimate of drug-likeness (QED) is 0.829. The third kappa shape index (κ3) is 5.73. The van der Waals surface area contributed by atoms with Gasteiger partial charge in [-0.05, 0) is 51.7 Å². The van der Waals surface area contributed by atoms with Gasteiger partial charge < -0.3 is 9.64 Å². The van der Waals surface area contributed by atoms with E-state index >= 15 is 0 Å². The number of rotatable bonds is 3. The molecule has 1 amide bonds. The van der Waals surface area contributed by atoms with Crippen LogP contribution in [0, 0.1) is 5.92 Å². The average molecular weight is 360 g/mol. The van der Waals surface area contributed by atoms with Crippen LogP contribution in [0.2, 0.25) is 5.15 Å². The van der Waals surface area contributed by atoms with Crippen molar-refractivity contribution in [1.82, 2.24) is 15.1 Å². The van der Waals surface area contributed by atoms with Gasteiger partial charge >= 0.3 is 6.09 Å². The highest BCUT2D eigenvalue weighted by Gasteiger charge is 2.28. The second kappa shape index (κ2) is 7.57. The van der Waals surface area contributed by atoms with Gasteiger partial charge in [-0.3, -0.25) is 4.21 Å². The molecule has 6 nitrogen and oxygen atoms in total. The lowest BCUT2D eigenvalue weighted by Crippen LogP contribution is -2.44. The van der Waals surface area contributed by atoms with Gasteiger partial charge in [-0.1, -0.05) is 11.6 Å². The van der Waals surface area contributed by atoms with E-state index in [4.69, 9.17) is 16.3 Å². The molecule has 23 heavy (non-hydrogen) atoms. The number of amides is 1. The molecule has 1 aromatic heterocycles. The Balaban J connectivity index is 1.92. The summed E-state index contributed by atoms with van der Waals surface area (Å²) in [6.45, 7) is 6.78. The van der Waals surface area contributed by atoms with E-state index in [9.17, 15) is 9.00 Å². The second-order valence-electron chi connectivity index (χ2n) is 6.64. The van der Waals surface area contributed by atoms with Crippen molar-refractivity contribution in [3.05, 3.63) is 17.3 Å². The molecule has 8 heteroatoms. The van der Waals surface area contributed by atoms with Crippen molar-refractivity contribution in [2.75, 3.05) is 18.8 Å². The van der Waals surface area contributed by atoms with E-state index in [0.717, 1.165) is 12.8 Å². The molecule has 2 atom stereocenters. The number of hydrogen-bond acceptors (Lipinski definition) is 5. The number of aromatic nitrogens is 2. The average Bonchev–Trinajstić information content (AvgIpc) is 2.46. The molecule has 0 aliphatic carbocycles. The topological polar surface area (TPSA) is 72.4 Å². The Kier molecular flexibility index (Phi) is 5.97. The second-order valence-corrected chi connectivity index (χ2v) is 8.47. The van der Waals surface area contributed by atoms with Crippen LogP contribution in [0.15, 0.2) is 17.2 Å². The molecule has 0 aromatic carbocycles. The van der Waals surface area contributed by atoms with Crippen LogP contribution in [0.3, 0.4) is 0 Å². The molecule has 1 fully saturated rings. The first-order valence-electron chi connectivity index (χ1n) is 7.60. The fraction of sp³-hybridized carbons (Fsp3) is 0.667. The fourth-order valence-electron chi connectivity index (χ4n) is 2.42. The van der Waals surface area contributed by atoms with E-state index in [-0.39, 0.29) is 17.2 Å². The molecule has 0 unspecified atom stereocenters. The molecule has 2 heterocycles. The first-order chi connectivity index (χ1) is 10.7. The molecule has 0 spiro atoms. The Morgan fingerprint density at radius 3 is 2.78 bits per heavy atom. The third-order valence-electron chi connectivity index (χ3n) is 3.40. The van der Waals surface area contributed by atoms with E-state index < -0.39 is 16.4 Å². The summed E-state index contributed by atoms with van der Waals surface area (Å²) >= 11 is 5.68. The largest absolute Gasteiger partial charge is 0.444 e. The molecule has 0 N–H and O–H groups in total. The molecule has 0 radical (unpaired) electrons. The van der Waals surface area contributed by atoms with Gasteiger partial charge in [-0.25, -0.2) is 4.79 Å². The molecule has 1 aromatic rings. The smallest absolute Gasteiger partial charge is 0.410 e. The number of halogens is 1. The van der Waals surface area contributed by atoms with Crippen molar-refractivity contribution in [2.45, 2.75) is 44.2 Å². The Labute approximate surface area is 144 Å². The monoisotopic (exact) mass is 359 g/mol. The predicted octanol–water partition coefficient (Wildman–Crippen LogP) is 2.88. The number of nitrogens with zero attached hydrogens (tertiary/aromatic N) is 3. The van der Waals surface area contributed by atoms with Gasteiger partial charge in [0.1, 0.15) is 10.6 Å². The van der Waals surface area contributed by atoms with Crippen molar-refractivity contribution in [2.24, 2.45) is 5.92 Å². The van der Waals surface area contributed by atoms with Crippen LogP contribution in [0.5, 0.6) is 0 Å². The third-order valence-corrected chi connectivity index (χ3v) is 5.06. The maximum absolute atomic E-state index is 12.4. The van der Waals surface area contributed by atoms with Crippen LogP contribution < -0.4 is 0 Å². The standard InChI is InChI=1S/C15H22ClN3O3S/c1-15(2,3)22-14(20)19-8-4-5-11(9-19)10-23(21)13-7-6-12(16)17-18-13/h6-7,11H,4-5,8-10H2,1-3H3/t11-,23-/m0/s1. The van der Waals surface area contributed by atoms with Crippen molar-refractivity contribution < 1.29 is 13.7 Å². The summed E-state index contributed by atoms with van der Waals surface area (Å²) in [5, 5.41) is 8.27. The first-order valence-corrected chi connectivity index (χ1v) is 9.30. The van der Waals surface area contributed by atoms with Gasteiger partial charge in [0.25, 0.3) is 0 Å². The van der Waals surface area contributed by atoms with Gasteiger partial charge in [0, 0.05) is 18.8 Å². The van der Waals surface area contributed by atoms with Crippen LogP contribution in [0.25, 0.3) is 0 Å². The first kappa shape index (κ1) is 18.1. The number of carbonyl (C=O) groups is 1. The van der Waals surface area contributed by atoms with Crippen molar-refractivity contribution in [3.8, 4) is 0 Å². The SMILES string of the molecule is CC(C)(C)OC(=O)N1CCC[C@H](C[S@](=O)c2ccc(Cl)nn2)C1. The van der Waals surface area contributed by atoms with Crippen molar-refractivity contribution in [3.63, 3.8) is 0 Å². The van der Waals surface area contributed by atoms with E-state index in [2.05, 4.69) is 10.2 Å². The Hall–Kier alpha value is -1.21. The van der Waals surface area contributed by atoms with E-state index in [1.807, 2.05) is 20.8 Å². The summed E-state index contributed by atoms with van der Waals surface area (Å²) in [7, 11) is -1.25. The number of ether oxygens (including phenoxy) is 1. The zero-order valence-corrected chi connectivity index (χ0v) is 15.2. The van der Waals surface area contributed by atoms with Gasteiger partial charge in [-0.2, -0.15) is 0 Å². The minimum atomic E-state index is -1.25. The van der Waals surface area contributed by atoms with Crippen LogP contribution in [-0.4, -0.2) is 49.8 Å². The molecule has 1 saturated heterocycles. The van der Waals surface area contributed by atoms with E-state index in [0.29, 0.717) is 23.9 Å². The molecule has 1 aliphatic rings. The van der Waals surface area contributed by atoms with Crippen molar-refractivity contribution >= 4 is 28.5 Å². The number of piperidine rings is 1.